The quantitative estimate of drug-likeness (QED) is 0.821. The lowest BCUT2D eigenvalue weighted by Crippen LogP contribution is -2.37. The molecule has 1 aliphatic heterocycles. The van der Waals surface area contributed by atoms with Crippen LogP contribution in [-0.2, 0) is 10.0 Å². The van der Waals surface area contributed by atoms with Crippen LogP contribution in [0.4, 0.5) is 5.69 Å². The molecule has 1 heterocycles. The minimum Gasteiger partial charge on any atom is -0.398 e. The molecule has 1 unspecified atom stereocenters. The summed E-state index contributed by atoms with van der Waals surface area (Å²) >= 11 is 0. The second kappa shape index (κ2) is 5.35. The SMILES string of the molecule is Cc1cc(N)c(C)c(S(=O)(=O)NC2CCN(C)C2)c1C. The van der Waals surface area contributed by atoms with Crippen molar-refractivity contribution >= 4 is 15.7 Å². The van der Waals surface area contributed by atoms with E-state index in [1.807, 2.05) is 27.0 Å². The van der Waals surface area contributed by atoms with Gasteiger partial charge in [0, 0.05) is 18.3 Å². The number of nitrogens with two attached hydrogens (primary N) is 1. The van der Waals surface area contributed by atoms with Gasteiger partial charge in [-0.25, -0.2) is 13.1 Å². The summed E-state index contributed by atoms with van der Waals surface area (Å²) in [6.45, 7) is 7.14. The van der Waals surface area contributed by atoms with Gasteiger partial charge in [0.1, 0.15) is 0 Å². The zero-order valence-corrected chi connectivity index (χ0v) is 13.3. The van der Waals surface area contributed by atoms with Gasteiger partial charge in [-0.1, -0.05) is 0 Å². The summed E-state index contributed by atoms with van der Waals surface area (Å²) in [5, 5.41) is 0. The van der Waals surface area contributed by atoms with E-state index < -0.39 is 10.0 Å². The van der Waals surface area contributed by atoms with Crippen LogP contribution in [0.15, 0.2) is 11.0 Å². The number of anilines is 1. The first-order valence-electron chi connectivity index (χ1n) is 6.79. The lowest BCUT2D eigenvalue weighted by Gasteiger charge is -2.18. The number of aryl methyl sites for hydroxylation is 1. The second-order valence-corrected chi connectivity index (χ2v) is 7.38. The van der Waals surface area contributed by atoms with Gasteiger partial charge in [-0.3, -0.25) is 0 Å². The first-order chi connectivity index (χ1) is 9.22. The van der Waals surface area contributed by atoms with Gasteiger partial charge in [-0.15, -0.1) is 0 Å². The molecule has 2 rings (SSSR count). The summed E-state index contributed by atoms with van der Waals surface area (Å²) in [6, 6.07) is 1.80. The number of nitrogens with one attached hydrogen (secondary N) is 1. The highest BCUT2D eigenvalue weighted by atomic mass is 32.2. The summed E-state index contributed by atoms with van der Waals surface area (Å²) in [4.78, 5) is 2.46. The number of sulfonamides is 1. The lowest BCUT2D eigenvalue weighted by atomic mass is 10.1. The molecule has 1 saturated heterocycles. The largest absolute Gasteiger partial charge is 0.398 e. The Labute approximate surface area is 121 Å². The highest BCUT2D eigenvalue weighted by Crippen LogP contribution is 2.28. The molecule has 0 aromatic heterocycles. The fraction of sp³-hybridized carbons (Fsp3) is 0.571. The maximum Gasteiger partial charge on any atom is 0.241 e. The molecule has 0 saturated carbocycles. The monoisotopic (exact) mass is 297 g/mol. The van der Waals surface area contributed by atoms with Crippen LogP contribution < -0.4 is 10.5 Å². The van der Waals surface area contributed by atoms with Crippen molar-refractivity contribution < 1.29 is 8.42 Å². The summed E-state index contributed by atoms with van der Waals surface area (Å²) in [7, 11) is -1.53. The zero-order valence-electron chi connectivity index (χ0n) is 12.5. The van der Waals surface area contributed by atoms with E-state index in [0.29, 0.717) is 16.1 Å². The van der Waals surface area contributed by atoms with Crippen LogP contribution in [0.2, 0.25) is 0 Å². The number of nitrogens with zero attached hydrogens (tertiary/aromatic N) is 1. The van der Waals surface area contributed by atoms with Crippen LogP contribution >= 0.6 is 0 Å². The van der Waals surface area contributed by atoms with Gasteiger partial charge in [-0.05, 0) is 63.5 Å². The Hall–Kier alpha value is -1.11. The summed E-state index contributed by atoms with van der Waals surface area (Å²) < 4.78 is 28.1. The lowest BCUT2D eigenvalue weighted by molar-refractivity contribution is 0.407. The molecule has 0 amide bonds. The first-order valence-corrected chi connectivity index (χ1v) is 8.28. The van der Waals surface area contributed by atoms with Crippen molar-refractivity contribution in [2.45, 2.75) is 38.1 Å². The van der Waals surface area contributed by atoms with Crippen LogP contribution in [0.1, 0.15) is 23.1 Å². The third-order valence-electron chi connectivity index (χ3n) is 4.06. The molecule has 1 aromatic rings. The first kappa shape index (κ1) is 15.3. The Bertz CT molecular complexity index is 600. The molecule has 1 aliphatic rings. The Balaban J connectivity index is 2.39. The molecular weight excluding hydrogens is 274 g/mol. The van der Waals surface area contributed by atoms with Gasteiger partial charge in [0.15, 0.2) is 0 Å². The van der Waals surface area contributed by atoms with Gasteiger partial charge in [0.25, 0.3) is 0 Å². The summed E-state index contributed by atoms with van der Waals surface area (Å²) in [5.74, 6) is 0. The van der Waals surface area contributed by atoms with Crippen molar-refractivity contribution in [1.29, 1.82) is 0 Å². The van der Waals surface area contributed by atoms with Crippen molar-refractivity contribution in [3.63, 3.8) is 0 Å². The summed E-state index contributed by atoms with van der Waals surface area (Å²) in [6.07, 6.45) is 0.842. The van der Waals surface area contributed by atoms with Crippen molar-refractivity contribution in [2.24, 2.45) is 0 Å². The molecule has 5 nitrogen and oxygen atoms in total. The number of likely N-dealkylation sites (tertiary alicyclic amines) is 1. The number of hydrogen-bond acceptors (Lipinski definition) is 4. The van der Waals surface area contributed by atoms with Crippen LogP contribution in [0.5, 0.6) is 0 Å². The summed E-state index contributed by atoms with van der Waals surface area (Å²) in [5.41, 5.74) is 8.75. The van der Waals surface area contributed by atoms with Gasteiger partial charge in [0.2, 0.25) is 10.0 Å². The van der Waals surface area contributed by atoms with Gasteiger partial charge < -0.3 is 10.6 Å². The molecule has 0 radical (unpaired) electrons. The Kier molecular flexibility index (Phi) is 4.09. The number of likely N-dealkylation sites (N-methyl/N-ethyl adjacent to an activating group) is 1. The molecular formula is C14H23N3O2S. The molecule has 0 spiro atoms. The van der Waals surface area contributed by atoms with Crippen molar-refractivity contribution in [2.75, 3.05) is 25.9 Å². The van der Waals surface area contributed by atoms with E-state index in [4.69, 9.17) is 5.73 Å². The standard InChI is InChI=1S/C14H23N3O2S/c1-9-7-13(15)11(3)14(10(9)2)20(18,19)16-12-5-6-17(4)8-12/h7,12,16H,5-6,8,15H2,1-4H3. The molecule has 1 fully saturated rings. The highest BCUT2D eigenvalue weighted by Gasteiger charge is 2.28. The van der Waals surface area contributed by atoms with E-state index >= 15 is 0 Å². The van der Waals surface area contributed by atoms with E-state index in [-0.39, 0.29) is 6.04 Å². The number of benzene rings is 1. The van der Waals surface area contributed by atoms with Crippen molar-refractivity contribution in [3.05, 3.63) is 22.8 Å². The van der Waals surface area contributed by atoms with Crippen LogP contribution in [0.3, 0.4) is 0 Å². The van der Waals surface area contributed by atoms with Crippen molar-refractivity contribution in [3.8, 4) is 0 Å². The minimum absolute atomic E-state index is 0.0227. The third kappa shape index (κ3) is 2.82. The van der Waals surface area contributed by atoms with E-state index in [1.54, 1.807) is 6.92 Å². The Morgan fingerprint density at radius 3 is 2.50 bits per heavy atom. The van der Waals surface area contributed by atoms with E-state index in [1.165, 1.54) is 0 Å². The van der Waals surface area contributed by atoms with Crippen LogP contribution in [0, 0.1) is 20.8 Å². The molecule has 0 aliphatic carbocycles. The van der Waals surface area contributed by atoms with Crippen LogP contribution in [-0.4, -0.2) is 39.5 Å². The van der Waals surface area contributed by atoms with Crippen LogP contribution in [0.25, 0.3) is 0 Å². The molecule has 3 N–H and O–H groups in total. The van der Waals surface area contributed by atoms with Gasteiger partial charge in [-0.2, -0.15) is 0 Å². The maximum atomic E-state index is 12.7. The average molecular weight is 297 g/mol. The number of hydrogen-bond donors (Lipinski definition) is 2. The van der Waals surface area contributed by atoms with E-state index in [9.17, 15) is 8.42 Å². The third-order valence-corrected chi connectivity index (χ3v) is 5.85. The average Bonchev–Trinajstić information content (AvgIpc) is 2.71. The van der Waals surface area contributed by atoms with Gasteiger partial charge in [0.05, 0.1) is 4.90 Å². The van der Waals surface area contributed by atoms with E-state index in [0.717, 1.165) is 30.6 Å². The molecule has 1 atom stereocenters. The topological polar surface area (TPSA) is 75.4 Å². The predicted molar refractivity (Wildman–Crippen MR) is 81.3 cm³/mol. The Morgan fingerprint density at radius 2 is 1.95 bits per heavy atom. The van der Waals surface area contributed by atoms with Gasteiger partial charge >= 0.3 is 0 Å². The minimum atomic E-state index is -3.53. The molecule has 20 heavy (non-hydrogen) atoms. The highest BCUT2D eigenvalue weighted by molar-refractivity contribution is 7.89. The normalized spacial score (nSPS) is 20.5. The fourth-order valence-corrected chi connectivity index (χ4v) is 4.59. The van der Waals surface area contributed by atoms with E-state index in [2.05, 4.69) is 9.62 Å². The number of rotatable bonds is 3. The molecule has 0 bridgehead atoms. The molecule has 112 valence electrons. The second-order valence-electron chi connectivity index (χ2n) is 5.73. The van der Waals surface area contributed by atoms with Crippen molar-refractivity contribution in [1.82, 2.24) is 9.62 Å². The molecule has 1 aromatic carbocycles. The molecule has 6 heteroatoms. The Morgan fingerprint density at radius 1 is 1.30 bits per heavy atom. The zero-order chi connectivity index (χ0) is 15.1. The maximum absolute atomic E-state index is 12.7. The predicted octanol–water partition coefficient (Wildman–Crippen LogP) is 1.18. The smallest absolute Gasteiger partial charge is 0.241 e. The number of nitrogen functional groups attached to an aromatic ring is 1. The fourth-order valence-electron chi connectivity index (χ4n) is 2.75.